The van der Waals surface area contributed by atoms with Gasteiger partial charge in [-0.3, -0.25) is 0 Å². The van der Waals surface area contributed by atoms with Crippen molar-refractivity contribution in [2.24, 2.45) is 28.9 Å². The molecule has 0 saturated carbocycles. The van der Waals surface area contributed by atoms with E-state index in [4.69, 9.17) is 22.9 Å². The molecule has 0 aromatic rings. The molecule has 68 valence electrons. The summed E-state index contributed by atoms with van der Waals surface area (Å²) in [6.45, 7) is 1.89. The zero-order valence-corrected chi connectivity index (χ0v) is 7.00. The molecule has 0 fully saturated rings. The summed E-state index contributed by atoms with van der Waals surface area (Å²) in [6.07, 6.45) is 1.74. The average molecular weight is 160 g/mol. The van der Waals surface area contributed by atoms with Crippen LogP contribution in [0.2, 0.25) is 0 Å². The Kier molecular flexibility index (Phi) is 6.45. The Hall–Kier alpha value is -0.160. The van der Waals surface area contributed by atoms with Crippen LogP contribution in [0, 0.1) is 5.92 Å². The van der Waals surface area contributed by atoms with Gasteiger partial charge in [-0.1, -0.05) is 0 Å². The molecule has 4 nitrogen and oxygen atoms in total. The summed E-state index contributed by atoms with van der Waals surface area (Å²) in [5.74, 6) is 0.337. The highest BCUT2D eigenvalue weighted by atomic mass is 14.7. The second kappa shape index (κ2) is 6.54. The monoisotopic (exact) mass is 160 g/mol. The summed E-state index contributed by atoms with van der Waals surface area (Å²) in [4.78, 5) is 0. The van der Waals surface area contributed by atoms with Crippen LogP contribution in [0.15, 0.2) is 0 Å². The summed E-state index contributed by atoms with van der Waals surface area (Å²) in [7, 11) is 0. The van der Waals surface area contributed by atoms with Crippen molar-refractivity contribution in [3.8, 4) is 0 Å². The van der Waals surface area contributed by atoms with Crippen LogP contribution in [0.1, 0.15) is 12.8 Å². The molecule has 8 N–H and O–H groups in total. The van der Waals surface area contributed by atoms with Gasteiger partial charge < -0.3 is 22.9 Å². The van der Waals surface area contributed by atoms with E-state index in [1.807, 2.05) is 0 Å². The molecule has 0 saturated heterocycles. The average Bonchev–Trinajstić information content (AvgIpc) is 2.00. The van der Waals surface area contributed by atoms with Crippen molar-refractivity contribution in [2.45, 2.75) is 18.9 Å². The molecule has 0 spiro atoms. The molecule has 0 aromatic carbocycles. The highest BCUT2D eigenvalue weighted by Gasteiger charge is 2.13. The molecule has 0 radical (unpaired) electrons. The Bertz CT molecular complexity index is 86.5. The predicted molar refractivity (Wildman–Crippen MR) is 47.9 cm³/mol. The van der Waals surface area contributed by atoms with Gasteiger partial charge in [-0.2, -0.15) is 0 Å². The van der Waals surface area contributed by atoms with Crippen LogP contribution in [0.25, 0.3) is 0 Å². The van der Waals surface area contributed by atoms with Gasteiger partial charge >= 0.3 is 0 Å². The fraction of sp³-hybridized carbons (Fsp3) is 1.00. The van der Waals surface area contributed by atoms with Crippen LogP contribution >= 0.6 is 0 Å². The molecular weight excluding hydrogens is 140 g/mol. The van der Waals surface area contributed by atoms with Crippen molar-refractivity contribution < 1.29 is 0 Å². The summed E-state index contributed by atoms with van der Waals surface area (Å²) in [6, 6.07) is 0.119. The Morgan fingerprint density at radius 1 is 0.909 bits per heavy atom. The molecular formula is C7H20N4. The van der Waals surface area contributed by atoms with Gasteiger partial charge in [0.1, 0.15) is 0 Å². The summed E-state index contributed by atoms with van der Waals surface area (Å²) < 4.78 is 0. The Labute approximate surface area is 68.3 Å². The highest BCUT2D eigenvalue weighted by molar-refractivity contribution is 4.74. The van der Waals surface area contributed by atoms with Gasteiger partial charge in [0.2, 0.25) is 0 Å². The fourth-order valence-corrected chi connectivity index (χ4v) is 1.15. The van der Waals surface area contributed by atoms with Crippen molar-refractivity contribution in [3.05, 3.63) is 0 Å². The maximum absolute atomic E-state index is 5.81. The lowest BCUT2D eigenvalue weighted by atomic mass is 9.94. The molecule has 0 aliphatic rings. The molecule has 2 atom stereocenters. The lowest BCUT2D eigenvalue weighted by molar-refractivity contribution is 0.392. The van der Waals surface area contributed by atoms with Crippen molar-refractivity contribution >= 4 is 0 Å². The number of hydrogen-bond donors (Lipinski definition) is 4. The van der Waals surface area contributed by atoms with Crippen molar-refractivity contribution in [1.29, 1.82) is 0 Å². The van der Waals surface area contributed by atoms with Crippen LogP contribution in [0.3, 0.4) is 0 Å². The zero-order valence-electron chi connectivity index (χ0n) is 7.00. The van der Waals surface area contributed by atoms with Gasteiger partial charge in [0.25, 0.3) is 0 Å². The maximum Gasteiger partial charge on any atom is 0.00916 e. The number of hydrogen-bond acceptors (Lipinski definition) is 4. The van der Waals surface area contributed by atoms with E-state index >= 15 is 0 Å². The number of rotatable bonds is 6. The first-order valence-electron chi connectivity index (χ1n) is 4.12. The van der Waals surface area contributed by atoms with E-state index in [0.717, 1.165) is 12.8 Å². The Morgan fingerprint density at radius 2 is 1.45 bits per heavy atom. The van der Waals surface area contributed by atoms with Crippen molar-refractivity contribution in [1.82, 2.24) is 0 Å². The topological polar surface area (TPSA) is 104 Å². The summed E-state index contributed by atoms with van der Waals surface area (Å²) in [5, 5.41) is 0. The molecule has 11 heavy (non-hydrogen) atoms. The first kappa shape index (κ1) is 10.8. The third-order valence-corrected chi connectivity index (χ3v) is 1.95. The van der Waals surface area contributed by atoms with E-state index in [9.17, 15) is 0 Å². The summed E-state index contributed by atoms with van der Waals surface area (Å²) in [5.41, 5.74) is 22.1. The quantitative estimate of drug-likeness (QED) is 0.383. The first-order chi connectivity index (χ1) is 5.26. The van der Waals surface area contributed by atoms with Crippen LogP contribution < -0.4 is 22.9 Å². The molecule has 0 rings (SSSR count). The molecule has 0 aromatic heterocycles. The maximum atomic E-state index is 5.81. The van der Waals surface area contributed by atoms with Gasteiger partial charge in [0, 0.05) is 6.04 Å². The van der Waals surface area contributed by atoms with Gasteiger partial charge in [0.05, 0.1) is 0 Å². The van der Waals surface area contributed by atoms with Gasteiger partial charge in [-0.25, -0.2) is 0 Å². The zero-order chi connectivity index (χ0) is 8.69. The normalized spacial score (nSPS) is 16.4. The molecule has 4 heteroatoms. The van der Waals surface area contributed by atoms with Crippen molar-refractivity contribution in [3.63, 3.8) is 0 Å². The summed E-state index contributed by atoms with van der Waals surface area (Å²) >= 11 is 0. The van der Waals surface area contributed by atoms with Gasteiger partial charge in [-0.05, 0) is 38.4 Å². The van der Waals surface area contributed by atoms with E-state index in [0.29, 0.717) is 25.6 Å². The Morgan fingerprint density at radius 3 is 1.82 bits per heavy atom. The minimum absolute atomic E-state index is 0.119. The van der Waals surface area contributed by atoms with E-state index < -0.39 is 0 Å². The molecule has 2 unspecified atom stereocenters. The largest absolute Gasteiger partial charge is 0.330 e. The fourth-order valence-electron chi connectivity index (χ4n) is 1.15. The van der Waals surface area contributed by atoms with Crippen LogP contribution in [0.4, 0.5) is 0 Å². The van der Waals surface area contributed by atoms with E-state index in [1.54, 1.807) is 0 Å². The third kappa shape index (κ3) is 4.31. The van der Waals surface area contributed by atoms with E-state index in [1.165, 1.54) is 0 Å². The third-order valence-electron chi connectivity index (χ3n) is 1.95. The smallest absolute Gasteiger partial charge is 0.00916 e. The van der Waals surface area contributed by atoms with E-state index in [2.05, 4.69) is 0 Å². The van der Waals surface area contributed by atoms with Gasteiger partial charge in [0.15, 0.2) is 0 Å². The lowest BCUT2D eigenvalue weighted by Crippen LogP contribution is -2.37. The van der Waals surface area contributed by atoms with E-state index in [-0.39, 0.29) is 6.04 Å². The Balaban J connectivity index is 3.61. The molecule has 0 bridgehead atoms. The standard InChI is InChI=1S/C7H20N4/c8-3-1-6(5-10)7(11)2-4-9/h6-7H,1-5,8-11H2. The minimum atomic E-state index is 0.119. The second-order valence-electron chi connectivity index (χ2n) is 2.81. The highest BCUT2D eigenvalue weighted by Crippen LogP contribution is 2.06. The van der Waals surface area contributed by atoms with Crippen LogP contribution in [-0.4, -0.2) is 25.7 Å². The SMILES string of the molecule is NCCC(N)C(CN)CCN. The molecule has 0 aliphatic heterocycles. The van der Waals surface area contributed by atoms with Crippen LogP contribution in [-0.2, 0) is 0 Å². The van der Waals surface area contributed by atoms with Crippen molar-refractivity contribution in [2.75, 3.05) is 19.6 Å². The minimum Gasteiger partial charge on any atom is -0.330 e. The van der Waals surface area contributed by atoms with Gasteiger partial charge in [-0.15, -0.1) is 0 Å². The molecule has 0 heterocycles. The first-order valence-corrected chi connectivity index (χ1v) is 4.12. The van der Waals surface area contributed by atoms with Crippen LogP contribution in [0.5, 0.6) is 0 Å². The molecule has 0 aliphatic carbocycles. The predicted octanol–water partition coefficient (Wildman–Crippen LogP) is -1.41. The second-order valence-corrected chi connectivity index (χ2v) is 2.81. The number of nitrogens with two attached hydrogens (primary N) is 4. The lowest BCUT2D eigenvalue weighted by Gasteiger charge is -2.20. The molecule has 0 amide bonds.